The summed E-state index contributed by atoms with van der Waals surface area (Å²) in [7, 11) is 0. The van der Waals surface area contributed by atoms with Gasteiger partial charge in [0.2, 0.25) is 0 Å². The zero-order valence-corrected chi connectivity index (χ0v) is 19.4. The quantitative estimate of drug-likeness (QED) is 0.244. The van der Waals surface area contributed by atoms with Crippen molar-refractivity contribution >= 4 is 28.6 Å². The van der Waals surface area contributed by atoms with Crippen LogP contribution in [0.4, 0.5) is 5.82 Å². The molecule has 3 aromatic heterocycles. The van der Waals surface area contributed by atoms with E-state index in [2.05, 4.69) is 65.5 Å². The lowest BCUT2D eigenvalue weighted by atomic mass is 10.1. The Hall–Kier alpha value is -2.97. The third kappa shape index (κ3) is 4.92. The lowest BCUT2D eigenvalue weighted by molar-refractivity contribution is 0.292. The van der Waals surface area contributed by atoms with E-state index in [4.69, 9.17) is 9.97 Å². The van der Waals surface area contributed by atoms with Crippen molar-refractivity contribution in [3.05, 3.63) is 59.9 Å². The number of rotatable bonds is 9. The molecule has 1 atom stereocenters. The van der Waals surface area contributed by atoms with E-state index in [1.807, 2.05) is 18.2 Å². The summed E-state index contributed by atoms with van der Waals surface area (Å²) in [4.78, 5) is 13.9. The van der Waals surface area contributed by atoms with Crippen molar-refractivity contribution in [3.8, 4) is 11.3 Å². The Labute approximate surface area is 192 Å². The van der Waals surface area contributed by atoms with Gasteiger partial charge in [0, 0.05) is 23.6 Å². The minimum atomic E-state index is 0.0637. The summed E-state index contributed by atoms with van der Waals surface area (Å²) in [5.41, 5.74) is 5.73. The number of benzene rings is 1. The first-order valence-corrected chi connectivity index (χ1v) is 11.7. The first kappa shape index (κ1) is 22.2. The fraction of sp³-hybridized carbons (Fsp3) is 0.333. The molecule has 8 heteroatoms. The highest BCUT2D eigenvalue weighted by Gasteiger charge is 2.18. The van der Waals surface area contributed by atoms with Gasteiger partial charge in [0.1, 0.15) is 5.52 Å². The molecule has 0 amide bonds. The van der Waals surface area contributed by atoms with E-state index in [1.165, 1.54) is 11.8 Å². The highest BCUT2D eigenvalue weighted by Crippen LogP contribution is 2.30. The largest absolute Gasteiger partial charge is 0.395 e. The van der Waals surface area contributed by atoms with Crippen LogP contribution in [0.25, 0.3) is 22.3 Å². The van der Waals surface area contributed by atoms with Crippen molar-refractivity contribution in [1.82, 2.24) is 25.1 Å². The second-order valence-corrected chi connectivity index (χ2v) is 9.21. The van der Waals surface area contributed by atoms with Crippen LogP contribution in [0.3, 0.4) is 0 Å². The normalized spacial score (nSPS) is 12.4. The van der Waals surface area contributed by atoms with Gasteiger partial charge in [-0.15, -0.1) is 0 Å². The monoisotopic (exact) mass is 448 g/mol. The van der Waals surface area contributed by atoms with Gasteiger partial charge in [0.15, 0.2) is 16.5 Å². The summed E-state index contributed by atoms with van der Waals surface area (Å²) in [5.74, 6) is 0.960. The Kier molecular flexibility index (Phi) is 7.02. The molecule has 4 aromatic rings. The predicted octanol–water partition coefficient (Wildman–Crippen LogP) is 5.01. The molecule has 0 aliphatic heterocycles. The van der Waals surface area contributed by atoms with Crippen LogP contribution in [0.5, 0.6) is 0 Å². The van der Waals surface area contributed by atoms with E-state index < -0.39 is 0 Å². The molecule has 3 N–H and O–H groups in total. The number of H-pyrrole nitrogens is 1. The number of anilines is 1. The molecule has 0 spiro atoms. The Bertz CT molecular complexity index is 1160. The summed E-state index contributed by atoms with van der Waals surface area (Å²) < 4.78 is 0. The second kappa shape index (κ2) is 10.1. The van der Waals surface area contributed by atoms with E-state index in [0.29, 0.717) is 17.5 Å². The standard InChI is InChI=1S/C24H28N6OS/c1-4-18(14-31)32-24-27-21-20(15(2)3)29-30-22(21)23(28-24)26-13-16-8-10-17(11-9-16)19-7-5-6-12-25-19/h5-12,15,18,31H,4,13-14H2,1-3H3,(H,29,30)(H,26,27,28). The number of nitrogens with zero attached hydrogens (tertiary/aromatic N) is 4. The zero-order valence-electron chi connectivity index (χ0n) is 18.5. The van der Waals surface area contributed by atoms with Gasteiger partial charge in [-0.05, 0) is 30.0 Å². The molecule has 1 unspecified atom stereocenters. The molecular formula is C24H28N6OS. The molecule has 0 aliphatic carbocycles. The van der Waals surface area contributed by atoms with Crippen LogP contribution in [0, 0.1) is 0 Å². The third-order valence-electron chi connectivity index (χ3n) is 5.29. The number of aliphatic hydroxyl groups excluding tert-OH is 1. The molecule has 0 radical (unpaired) electrons. The SMILES string of the molecule is CCC(CO)Sc1nc(NCc2ccc(-c3ccccn3)cc2)c2n[nH]c(C(C)C)c2n1. The van der Waals surface area contributed by atoms with Crippen molar-refractivity contribution in [2.45, 2.75) is 50.1 Å². The number of aliphatic hydroxyl groups is 1. The number of aromatic amines is 1. The number of thioether (sulfide) groups is 1. The molecule has 4 rings (SSSR count). The zero-order chi connectivity index (χ0) is 22.5. The Balaban J connectivity index is 1.58. The van der Waals surface area contributed by atoms with Crippen molar-refractivity contribution < 1.29 is 5.11 Å². The predicted molar refractivity (Wildman–Crippen MR) is 130 cm³/mol. The van der Waals surface area contributed by atoms with Gasteiger partial charge in [-0.1, -0.05) is 62.9 Å². The molecule has 3 heterocycles. The Morgan fingerprint density at radius 1 is 1.06 bits per heavy atom. The number of pyridine rings is 1. The number of fused-ring (bicyclic) bond motifs is 1. The van der Waals surface area contributed by atoms with E-state index in [0.717, 1.165) is 40.0 Å². The van der Waals surface area contributed by atoms with Crippen LogP contribution in [0.1, 0.15) is 44.4 Å². The van der Waals surface area contributed by atoms with Gasteiger partial charge >= 0.3 is 0 Å². The maximum absolute atomic E-state index is 9.61. The topological polar surface area (TPSA) is 99.6 Å². The summed E-state index contributed by atoms with van der Waals surface area (Å²) in [6.07, 6.45) is 2.65. The smallest absolute Gasteiger partial charge is 0.190 e. The average molecular weight is 449 g/mol. The molecule has 7 nitrogen and oxygen atoms in total. The molecule has 0 fully saturated rings. The van der Waals surface area contributed by atoms with Gasteiger partial charge in [0.25, 0.3) is 0 Å². The molecule has 32 heavy (non-hydrogen) atoms. The van der Waals surface area contributed by atoms with Gasteiger partial charge in [-0.2, -0.15) is 5.10 Å². The fourth-order valence-electron chi connectivity index (χ4n) is 3.39. The number of hydrogen-bond donors (Lipinski definition) is 3. The van der Waals surface area contributed by atoms with Crippen LogP contribution < -0.4 is 5.32 Å². The van der Waals surface area contributed by atoms with Crippen LogP contribution in [0.15, 0.2) is 53.8 Å². The van der Waals surface area contributed by atoms with Crippen molar-refractivity contribution in [3.63, 3.8) is 0 Å². The third-order valence-corrected chi connectivity index (χ3v) is 6.50. The van der Waals surface area contributed by atoms with Gasteiger partial charge < -0.3 is 10.4 Å². The van der Waals surface area contributed by atoms with Crippen molar-refractivity contribution in [2.24, 2.45) is 0 Å². The highest BCUT2D eigenvalue weighted by atomic mass is 32.2. The molecule has 0 aliphatic rings. The fourth-order valence-corrected chi connectivity index (χ4v) is 4.21. The number of nitrogens with one attached hydrogen (secondary N) is 2. The summed E-state index contributed by atoms with van der Waals surface area (Å²) in [6.45, 7) is 6.98. The summed E-state index contributed by atoms with van der Waals surface area (Å²) in [6, 6.07) is 14.2. The Morgan fingerprint density at radius 3 is 2.53 bits per heavy atom. The van der Waals surface area contributed by atoms with Gasteiger partial charge in [0.05, 0.1) is 18.0 Å². The first-order valence-electron chi connectivity index (χ1n) is 10.9. The van der Waals surface area contributed by atoms with Gasteiger partial charge in [-0.3, -0.25) is 10.1 Å². The average Bonchev–Trinajstić information content (AvgIpc) is 3.26. The lowest BCUT2D eigenvalue weighted by Crippen LogP contribution is -2.09. The van der Waals surface area contributed by atoms with Crippen LogP contribution in [0.2, 0.25) is 0 Å². The summed E-state index contributed by atoms with van der Waals surface area (Å²) in [5, 5.41) is 21.4. The van der Waals surface area contributed by atoms with Crippen LogP contribution >= 0.6 is 11.8 Å². The Morgan fingerprint density at radius 2 is 1.88 bits per heavy atom. The first-order chi connectivity index (χ1) is 15.6. The van der Waals surface area contributed by atoms with Crippen molar-refractivity contribution in [1.29, 1.82) is 0 Å². The van der Waals surface area contributed by atoms with Crippen molar-refractivity contribution in [2.75, 3.05) is 11.9 Å². The van der Waals surface area contributed by atoms with E-state index >= 15 is 0 Å². The molecule has 1 aromatic carbocycles. The molecule has 0 bridgehead atoms. The summed E-state index contributed by atoms with van der Waals surface area (Å²) >= 11 is 1.50. The second-order valence-electron chi connectivity index (χ2n) is 7.94. The number of hydrogen-bond acceptors (Lipinski definition) is 7. The maximum atomic E-state index is 9.61. The number of aromatic nitrogens is 5. The van der Waals surface area contributed by atoms with Gasteiger partial charge in [-0.25, -0.2) is 9.97 Å². The lowest BCUT2D eigenvalue weighted by Gasteiger charge is -2.12. The molecule has 166 valence electrons. The maximum Gasteiger partial charge on any atom is 0.190 e. The molecule has 0 saturated carbocycles. The van der Waals surface area contributed by atoms with Crippen LogP contribution in [-0.2, 0) is 6.54 Å². The minimum Gasteiger partial charge on any atom is -0.395 e. The highest BCUT2D eigenvalue weighted by molar-refractivity contribution is 7.99. The van der Waals surface area contributed by atoms with E-state index in [-0.39, 0.29) is 17.8 Å². The minimum absolute atomic E-state index is 0.0637. The molecular weight excluding hydrogens is 420 g/mol. The van der Waals surface area contributed by atoms with E-state index in [1.54, 1.807) is 6.20 Å². The van der Waals surface area contributed by atoms with Crippen LogP contribution in [-0.4, -0.2) is 42.1 Å². The molecule has 0 saturated heterocycles. The van der Waals surface area contributed by atoms with E-state index in [9.17, 15) is 5.11 Å².